The molecule has 4 aliphatic rings. The first-order chi connectivity index (χ1) is 17.9. The molecule has 3 atom stereocenters. The number of fused-ring (bicyclic) bond motifs is 3. The molecule has 37 heavy (non-hydrogen) atoms. The minimum atomic E-state index is -0.260. The van der Waals surface area contributed by atoms with E-state index in [9.17, 15) is 9.59 Å². The summed E-state index contributed by atoms with van der Waals surface area (Å²) in [6.45, 7) is 5.76. The third-order valence-corrected chi connectivity index (χ3v) is 8.39. The molecule has 3 N–H and O–H groups in total. The first-order valence-electron chi connectivity index (χ1n) is 13.5. The Morgan fingerprint density at radius 2 is 1.84 bits per heavy atom. The Morgan fingerprint density at radius 1 is 1.05 bits per heavy atom. The smallest absolute Gasteiger partial charge is 0.306 e. The highest BCUT2D eigenvalue weighted by atomic mass is 35.5. The number of carbonyl (C=O) groups is 2. The molecule has 1 amide bonds. The number of esters is 1. The van der Waals surface area contributed by atoms with Crippen LogP contribution in [0.1, 0.15) is 55.3 Å². The standard InChI is InChI=1S/C27H41ClN4O5/c1-35-23-15-21(29)20(28)14-19(23)27(34)30-22-9-13-31(17-25(22)36-2)10-5-3-4-6-26(33)37-24-16-32-11-7-18(24)8-12-32/h14-15,18,22,24-25H,3-13,16-17,29H2,1-2H3,(H,30,34)/t22-,24+,25+/m1/s1. The van der Waals surface area contributed by atoms with Gasteiger partial charge in [-0.05, 0) is 63.7 Å². The van der Waals surface area contributed by atoms with Gasteiger partial charge in [-0.15, -0.1) is 0 Å². The van der Waals surface area contributed by atoms with Crippen LogP contribution in [-0.2, 0) is 14.3 Å². The van der Waals surface area contributed by atoms with Crippen molar-refractivity contribution in [2.45, 2.75) is 63.2 Å². The molecular formula is C27H41ClN4O5. The summed E-state index contributed by atoms with van der Waals surface area (Å²) in [5.41, 5.74) is 6.56. The molecule has 9 nitrogen and oxygen atoms in total. The zero-order valence-corrected chi connectivity index (χ0v) is 22.8. The fourth-order valence-electron chi connectivity index (χ4n) is 5.80. The summed E-state index contributed by atoms with van der Waals surface area (Å²) in [6, 6.07) is 2.98. The van der Waals surface area contributed by atoms with Gasteiger partial charge in [0.25, 0.3) is 5.91 Å². The predicted molar refractivity (Wildman–Crippen MR) is 143 cm³/mol. The lowest BCUT2D eigenvalue weighted by Crippen LogP contribution is -2.54. The minimum Gasteiger partial charge on any atom is -0.496 e. The molecule has 0 aromatic heterocycles. The van der Waals surface area contributed by atoms with Crippen molar-refractivity contribution in [2.75, 3.05) is 59.2 Å². The van der Waals surface area contributed by atoms with E-state index in [2.05, 4.69) is 15.1 Å². The quantitative estimate of drug-likeness (QED) is 0.252. The van der Waals surface area contributed by atoms with Gasteiger partial charge >= 0.3 is 5.97 Å². The zero-order valence-electron chi connectivity index (χ0n) is 22.0. The fraction of sp³-hybridized carbons (Fsp3) is 0.704. The van der Waals surface area contributed by atoms with Crippen LogP contribution in [0.4, 0.5) is 5.69 Å². The van der Waals surface area contributed by atoms with E-state index in [4.69, 9.17) is 31.5 Å². The molecule has 0 unspecified atom stereocenters. The lowest BCUT2D eigenvalue weighted by atomic mass is 9.86. The number of unbranched alkanes of at least 4 members (excludes halogenated alkanes) is 2. The number of hydrogen-bond donors (Lipinski definition) is 2. The van der Waals surface area contributed by atoms with Crippen LogP contribution in [0.25, 0.3) is 0 Å². The average molecular weight is 537 g/mol. The lowest BCUT2D eigenvalue weighted by Gasteiger charge is -2.43. The summed E-state index contributed by atoms with van der Waals surface area (Å²) in [5.74, 6) is 0.637. The number of carbonyl (C=O) groups excluding carboxylic acids is 2. The number of nitrogens with two attached hydrogens (primary N) is 1. The number of likely N-dealkylation sites (tertiary alicyclic amines) is 1. The molecule has 0 aliphatic carbocycles. The number of methoxy groups -OCH3 is 2. The molecule has 4 aliphatic heterocycles. The monoisotopic (exact) mass is 536 g/mol. The van der Waals surface area contributed by atoms with Crippen molar-refractivity contribution in [1.82, 2.24) is 15.1 Å². The first kappa shape index (κ1) is 28.0. The molecule has 4 heterocycles. The summed E-state index contributed by atoms with van der Waals surface area (Å²) in [5, 5.41) is 3.40. The number of anilines is 1. The molecule has 0 saturated carbocycles. The number of piperidine rings is 4. The van der Waals surface area contributed by atoms with Crippen molar-refractivity contribution in [3.05, 3.63) is 22.7 Å². The molecule has 4 fully saturated rings. The van der Waals surface area contributed by atoms with Crippen molar-refractivity contribution in [1.29, 1.82) is 0 Å². The topological polar surface area (TPSA) is 106 Å². The summed E-state index contributed by atoms with van der Waals surface area (Å²) in [7, 11) is 3.17. The predicted octanol–water partition coefficient (Wildman–Crippen LogP) is 2.95. The van der Waals surface area contributed by atoms with E-state index in [0.717, 1.165) is 77.8 Å². The first-order valence-corrected chi connectivity index (χ1v) is 13.9. The van der Waals surface area contributed by atoms with E-state index >= 15 is 0 Å². The maximum absolute atomic E-state index is 13.0. The van der Waals surface area contributed by atoms with Gasteiger partial charge in [0.1, 0.15) is 11.9 Å². The Bertz CT molecular complexity index is 940. The SMILES string of the molecule is COc1cc(N)c(Cl)cc1C(=O)N[C@@H]1CCN(CCCCCC(=O)O[C@H]2CN3CCC2CC3)C[C@@H]1OC. The second-order valence-corrected chi connectivity index (χ2v) is 10.9. The maximum atomic E-state index is 13.0. The fourth-order valence-corrected chi connectivity index (χ4v) is 5.97. The van der Waals surface area contributed by atoms with E-state index in [-0.39, 0.29) is 30.1 Å². The third-order valence-electron chi connectivity index (χ3n) is 8.06. The minimum absolute atomic E-state index is 0.0474. The summed E-state index contributed by atoms with van der Waals surface area (Å²) in [6.07, 6.45) is 6.42. The van der Waals surface area contributed by atoms with Crippen LogP contribution in [0.3, 0.4) is 0 Å². The van der Waals surface area contributed by atoms with Crippen LogP contribution in [0.2, 0.25) is 5.02 Å². The molecule has 1 aromatic rings. The van der Waals surface area contributed by atoms with E-state index in [1.54, 1.807) is 13.2 Å². The highest BCUT2D eigenvalue weighted by Gasteiger charge is 2.36. The number of nitrogens with zero attached hydrogens (tertiary/aromatic N) is 2. The summed E-state index contributed by atoms with van der Waals surface area (Å²) < 4.78 is 16.8. The van der Waals surface area contributed by atoms with Gasteiger partial charge in [0.2, 0.25) is 0 Å². The molecule has 0 spiro atoms. The van der Waals surface area contributed by atoms with Gasteiger partial charge < -0.3 is 30.2 Å². The number of nitrogens with one attached hydrogen (secondary N) is 1. The van der Waals surface area contributed by atoms with Gasteiger partial charge in [0.05, 0.1) is 35.5 Å². The third kappa shape index (κ3) is 7.28. The van der Waals surface area contributed by atoms with Gasteiger partial charge in [0, 0.05) is 39.2 Å². The number of amides is 1. The lowest BCUT2D eigenvalue weighted by molar-refractivity contribution is -0.158. The van der Waals surface area contributed by atoms with Gasteiger partial charge in [0.15, 0.2) is 0 Å². The van der Waals surface area contributed by atoms with Crippen LogP contribution < -0.4 is 15.8 Å². The Balaban J connectivity index is 1.15. The van der Waals surface area contributed by atoms with Crippen LogP contribution in [-0.4, -0.2) is 93.4 Å². The highest BCUT2D eigenvalue weighted by molar-refractivity contribution is 6.33. The van der Waals surface area contributed by atoms with Crippen molar-refractivity contribution >= 4 is 29.2 Å². The molecule has 10 heteroatoms. The highest BCUT2D eigenvalue weighted by Crippen LogP contribution is 2.30. The summed E-state index contributed by atoms with van der Waals surface area (Å²) >= 11 is 6.13. The molecule has 1 aromatic carbocycles. The van der Waals surface area contributed by atoms with Gasteiger partial charge in [-0.3, -0.25) is 14.5 Å². The maximum Gasteiger partial charge on any atom is 0.306 e. The molecule has 0 radical (unpaired) electrons. The van der Waals surface area contributed by atoms with E-state index in [1.165, 1.54) is 13.2 Å². The molecular weight excluding hydrogens is 496 g/mol. The van der Waals surface area contributed by atoms with Crippen LogP contribution >= 0.6 is 11.6 Å². The molecule has 5 rings (SSSR count). The molecule has 2 bridgehead atoms. The summed E-state index contributed by atoms with van der Waals surface area (Å²) in [4.78, 5) is 30.0. The van der Waals surface area contributed by atoms with Crippen molar-refractivity contribution < 1.29 is 23.8 Å². The number of nitrogen functional groups attached to an aromatic ring is 1. The molecule has 206 valence electrons. The Labute approximate surface area is 224 Å². The second kappa shape index (κ2) is 13.1. The Morgan fingerprint density at radius 3 is 2.51 bits per heavy atom. The number of benzene rings is 1. The number of rotatable bonds is 11. The van der Waals surface area contributed by atoms with Gasteiger partial charge in [-0.25, -0.2) is 0 Å². The number of ether oxygens (including phenoxy) is 3. The number of halogens is 1. The van der Waals surface area contributed by atoms with Gasteiger partial charge in [-0.2, -0.15) is 0 Å². The second-order valence-electron chi connectivity index (χ2n) is 10.5. The largest absolute Gasteiger partial charge is 0.496 e. The molecule has 4 saturated heterocycles. The number of hydrogen-bond acceptors (Lipinski definition) is 8. The van der Waals surface area contributed by atoms with E-state index in [1.807, 2.05) is 0 Å². The van der Waals surface area contributed by atoms with Crippen LogP contribution in [0, 0.1) is 5.92 Å². The Hall–Kier alpha value is -2.07. The van der Waals surface area contributed by atoms with Crippen LogP contribution in [0.15, 0.2) is 12.1 Å². The van der Waals surface area contributed by atoms with Crippen molar-refractivity contribution in [2.24, 2.45) is 5.92 Å². The van der Waals surface area contributed by atoms with Crippen molar-refractivity contribution in [3.63, 3.8) is 0 Å². The normalized spacial score (nSPS) is 27.6. The Kier molecular flexibility index (Phi) is 9.92. The average Bonchev–Trinajstić information content (AvgIpc) is 2.91. The van der Waals surface area contributed by atoms with Gasteiger partial charge in [-0.1, -0.05) is 18.0 Å². The van der Waals surface area contributed by atoms with E-state index in [0.29, 0.717) is 34.4 Å². The van der Waals surface area contributed by atoms with Crippen molar-refractivity contribution in [3.8, 4) is 5.75 Å². The van der Waals surface area contributed by atoms with E-state index < -0.39 is 0 Å². The zero-order chi connectivity index (χ0) is 26.4. The van der Waals surface area contributed by atoms with Crippen LogP contribution in [0.5, 0.6) is 5.75 Å².